The van der Waals surface area contributed by atoms with Gasteiger partial charge in [0, 0.05) is 15.3 Å². The Kier molecular flexibility index (Phi) is 4.13. The van der Waals surface area contributed by atoms with Crippen LogP contribution < -0.4 is 4.74 Å². The normalized spacial score (nSPS) is 11.7. The molecule has 1 heterocycles. The van der Waals surface area contributed by atoms with Gasteiger partial charge in [-0.05, 0) is 49.7 Å². The van der Waals surface area contributed by atoms with Crippen molar-refractivity contribution in [3.8, 4) is 5.75 Å². The Morgan fingerprint density at radius 3 is 2.62 bits per heavy atom. The van der Waals surface area contributed by atoms with Gasteiger partial charge in [-0.2, -0.15) is 0 Å². The van der Waals surface area contributed by atoms with E-state index in [0.29, 0.717) is 16.7 Å². The number of carbonyl (C=O) groups is 1. The molecular formula is C19H17BrO4. The van der Waals surface area contributed by atoms with Crippen LogP contribution >= 0.6 is 15.9 Å². The Hall–Kier alpha value is -2.27. The van der Waals surface area contributed by atoms with Crippen LogP contribution in [0.25, 0.3) is 11.0 Å². The first kappa shape index (κ1) is 16.6. The number of hydrogen-bond acceptors (Lipinski definition) is 3. The van der Waals surface area contributed by atoms with Crippen LogP contribution in [0.4, 0.5) is 0 Å². The molecule has 24 heavy (non-hydrogen) atoms. The Balaban J connectivity index is 2.26. The molecule has 0 radical (unpaired) electrons. The molecule has 1 aromatic heterocycles. The van der Waals surface area contributed by atoms with Crippen molar-refractivity contribution in [1.29, 1.82) is 0 Å². The maximum Gasteiger partial charge on any atom is 0.339 e. The molecule has 2 aromatic carbocycles. The van der Waals surface area contributed by atoms with Crippen LogP contribution in [0, 0.1) is 0 Å². The second-order valence-corrected chi connectivity index (χ2v) is 7.02. The first-order valence-electron chi connectivity index (χ1n) is 7.45. The highest BCUT2D eigenvalue weighted by Crippen LogP contribution is 2.40. The molecule has 0 atom stereocenters. The summed E-state index contributed by atoms with van der Waals surface area (Å²) < 4.78 is 12.1. The van der Waals surface area contributed by atoms with Crippen LogP contribution in [0.2, 0.25) is 0 Å². The summed E-state index contributed by atoms with van der Waals surface area (Å²) in [7, 11) is 1.60. The zero-order valence-corrected chi connectivity index (χ0v) is 15.2. The predicted octanol–water partition coefficient (Wildman–Crippen LogP) is 5.23. The summed E-state index contributed by atoms with van der Waals surface area (Å²) in [6, 6.07) is 12.9. The van der Waals surface area contributed by atoms with Crippen molar-refractivity contribution in [3.05, 3.63) is 63.8 Å². The van der Waals surface area contributed by atoms with Crippen LogP contribution in [0.1, 0.15) is 35.5 Å². The number of methoxy groups -OCH3 is 1. The van der Waals surface area contributed by atoms with Crippen molar-refractivity contribution in [3.63, 3.8) is 0 Å². The molecule has 1 N–H and O–H groups in total. The van der Waals surface area contributed by atoms with Crippen molar-refractivity contribution < 1.29 is 19.1 Å². The molecule has 3 aromatic rings. The maximum absolute atomic E-state index is 11.9. The summed E-state index contributed by atoms with van der Waals surface area (Å²) in [4.78, 5) is 11.9. The second-order valence-electron chi connectivity index (χ2n) is 6.11. The van der Waals surface area contributed by atoms with Crippen molar-refractivity contribution in [2.24, 2.45) is 0 Å². The summed E-state index contributed by atoms with van der Waals surface area (Å²) in [5.74, 6) is 0.148. The van der Waals surface area contributed by atoms with Crippen molar-refractivity contribution >= 4 is 32.9 Å². The van der Waals surface area contributed by atoms with E-state index in [4.69, 9.17) is 9.15 Å². The Bertz CT molecular complexity index is 924. The minimum absolute atomic E-state index is 0.199. The molecule has 5 heteroatoms. The minimum Gasteiger partial charge on any atom is -0.497 e. The van der Waals surface area contributed by atoms with Gasteiger partial charge in [-0.1, -0.05) is 28.1 Å². The van der Waals surface area contributed by atoms with Gasteiger partial charge in [-0.25, -0.2) is 4.79 Å². The number of rotatable bonds is 4. The molecule has 4 nitrogen and oxygen atoms in total. The summed E-state index contributed by atoms with van der Waals surface area (Å²) in [5, 5.41) is 10.3. The average Bonchev–Trinajstić information content (AvgIpc) is 2.94. The summed E-state index contributed by atoms with van der Waals surface area (Å²) in [6.45, 7) is 3.89. The predicted molar refractivity (Wildman–Crippen MR) is 96.0 cm³/mol. The molecule has 0 saturated carbocycles. The zero-order chi connectivity index (χ0) is 17.5. The van der Waals surface area contributed by atoms with Gasteiger partial charge in [-0.3, -0.25) is 0 Å². The van der Waals surface area contributed by atoms with E-state index in [1.165, 1.54) is 0 Å². The van der Waals surface area contributed by atoms with E-state index in [0.717, 1.165) is 15.8 Å². The van der Waals surface area contributed by atoms with Crippen LogP contribution in [0.3, 0.4) is 0 Å². The standard InChI is InChI=1S/C19H17BrO4/c1-19(2,11-5-4-6-13(9-11)23-3)17-16(18(21)22)14-8-7-12(20)10-15(14)24-17/h4-10H,1-3H3,(H,21,22). The molecule has 0 aliphatic rings. The number of fused-ring (bicyclic) bond motifs is 1. The van der Waals surface area contributed by atoms with E-state index < -0.39 is 11.4 Å². The fourth-order valence-electron chi connectivity index (χ4n) is 2.87. The molecule has 0 unspecified atom stereocenters. The number of furan rings is 1. The lowest BCUT2D eigenvalue weighted by molar-refractivity contribution is 0.0694. The highest BCUT2D eigenvalue weighted by atomic mass is 79.9. The third-order valence-corrected chi connectivity index (χ3v) is 4.72. The minimum atomic E-state index is -0.998. The number of benzene rings is 2. The van der Waals surface area contributed by atoms with E-state index in [9.17, 15) is 9.90 Å². The van der Waals surface area contributed by atoms with Gasteiger partial charge in [0.1, 0.15) is 22.7 Å². The van der Waals surface area contributed by atoms with Crippen LogP contribution in [-0.4, -0.2) is 18.2 Å². The highest BCUT2D eigenvalue weighted by Gasteiger charge is 2.34. The fraction of sp³-hybridized carbons (Fsp3) is 0.211. The molecule has 0 aliphatic heterocycles. The Morgan fingerprint density at radius 1 is 1.21 bits per heavy atom. The number of aromatic carboxylic acids is 1. The largest absolute Gasteiger partial charge is 0.497 e. The van der Waals surface area contributed by atoms with E-state index in [1.807, 2.05) is 44.2 Å². The monoisotopic (exact) mass is 388 g/mol. The molecule has 0 bridgehead atoms. The summed E-state index contributed by atoms with van der Waals surface area (Å²) in [5.41, 5.74) is 1.04. The van der Waals surface area contributed by atoms with Gasteiger partial charge >= 0.3 is 5.97 Å². The smallest absolute Gasteiger partial charge is 0.339 e. The average molecular weight is 389 g/mol. The van der Waals surface area contributed by atoms with Gasteiger partial charge in [0.2, 0.25) is 0 Å². The van der Waals surface area contributed by atoms with Crippen LogP contribution in [0.5, 0.6) is 5.75 Å². The molecule has 3 rings (SSSR count). The van der Waals surface area contributed by atoms with Gasteiger partial charge < -0.3 is 14.3 Å². The number of hydrogen-bond donors (Lipinski definition) is 1. The Morgan fingerprint density at radius 2 is 1.96 bits per heavy atom. The van der Waals surface area contributed by atoms with E-state index in [1.54, 1.807) is 19.2 Å². The molecular weight excluding hydrogens is 372 g/mol. The van der Waals surface area contributed by atoms with E-state index >= 15 is 0 Å². The number of ether oxygens (including phenoxy) is 1. The maximum atomic E-state index is 11.9. The fourth-order valence-corrected chi connectivity index (χ4v) is 3.21. The van der Waals surface area contributed by atoms with Crippen molar-refractivity contribution in [2.75, 3.05) is 7.11 Å². The van der Waals surface area contributed by atoms with Gasteiger partial charge in [0.15, 0.2) is 0 Å². The zero-order valence-electron chi connectivity index (χ0n) is 13.6. The lowest BCUT2D eigenvalue weighted by Gasteiger charge is -2.24. The van der Waals surface area contributed by atoms with Crippen molar-refractivity contribution in [2.45, 2.75) is 19.3 Å². The lowest BCUT2D eigenvalue weighted by Crippen LogP contribution is -2.21. The lowest BCUT2D eigenvalue weighted by atomic mass is 9.80. The molecule has 0 aliphatic carbocycles. The van der Waals surface area contributed by atoms with E-state index in [-0.39, 0.29) is 5.56 Å². The van der Waals surface area contributed by atoms with Gasteiger partial charge in [0.25, 0.3) is 0 Å². The quantitative estimate of drug-likeness (QED) is 0.664. The number of carboxylic acids is 1. The SMILES string of the molecule is COc1cccc(C(C)(C)c2oc3cc(Br)ccc3c2C(=O)O)c1. The Labute approximate surface area is 148 Å². The third kappa shape index (κ3) is 2.69. The van der Waals surface area contributed by atoms with Crippen LogP contribution in [-0.2, 0) is 5.41 Å². The topological polar surface area (TPSA) is 59.7 Å². The van der Waals surface area contributed by atoms with Gasteiger partial charge in [0.05, 0.1) is 7.11 Å². The summed E-state index contributed by atoms with van der Waals surface area (Å²) >= 11 is 3.39. The number of halogens is 1. The highest BCUT2D eigenvalue weighted by molar-refractivity contribution is 9.10. The van der Waals surface area contributed by atoms with Crippen LogP contribution in [0.15, 0.2) is 51.4 Å². The van der Waals surface area contributed by atoms with E-state index in [2.05, 4.69) is 15.9 Å². The molecule has 0 spiro atoms. The molecule has 124 valence electrons. The molecule has 0 saturated heterocycles. The second kappa shape index (κ2) is 5.98. The number of carboxylic acid groups (broad SMARTS) is 1. The first-order chi connectivity index (χ1) is 11.3. The van der Waals surface area contributed by atoms with Crippen molar-refractivity contribution in [1.82, 2.24) is 0 Å². The first-order valence-corrected chi connectivity index (χ1v) is 8.24. The third-order valence-electron chi connectivity index (χ3n) is 4.23. The molecule has 0 fully saturated rings. The van der Waals surface area contributed by atoms with Gasteiger partial charge in [-0.15, -0.1) is 0 Å². The summed E-state index contributed by atoms with van der Waals surface area (Å²) in [6.07, 6.45) is 0. The molecule has 0 amide bonds.